The molecular weight excluding hydrogens is 286 g/mol. The van der Waals surface area contributed by atoms with Crippen molar-refractivity contribution in [3.8, 4) is 0 Å². The molecule has 5 nitrogen and oxygen atoms in total. The minimum absolute atomic E-state index is 0.368. The summed E-state index contributed by atoms with van der Waals surface area (Å²) in [5.74, 6) is 0. The summed E-state index contributed by atoms with van der Waals surface area (Å²) in [6, 6.07) is 1.76. The Morgan fingerprint density at radius 3 is 2.52 bits per heavy atom. The standard InChI is InChI=1S/C15H29N3O2S/c1-4-7-8-9-10-17-21(19,20)15-11-14(12-16-5-2)18(6-3)13-15/h11,13,16-17H,4-10,12H2,1-3H3. The Morgan fingerprint density at radius 1 is 1.14 bits per heavy atom. The molecule has 0 spiro atoms. The average molecular weight is 315 g/mol. The topological polar surface area (TPSA) is 63.1 Å². The van der Waals surface area contributed by atoms with Gasteiger partial charge in [-0.3, -0.25) is 0 Å². The first-order valence-corrected chi connectivity index (χ1v) is 9.42. The van der Waals surface area contributed by atoms with Crippen LogP contribution in [0.5, 0.6) is 0 Å². The third-order valence-corrected chi connectivity index (χ3v) is 4.92. The molecule has 1 aromatic heterocycles. The van der Waals surface area contributed by atoms with Gasteiger partial charge in [0.05, 0.1) is 4.90 Å². The number of nitrogens with zero attached hydrogens (tertiary/aromatic N) is 1. The SMILES string of the molecule is CCCCCCNS(=O)(=O)c1cc(CNCC)n(CC)c1. The van der Waals surface area contributed by atoms with Gasteiger partial charge < -0.3 is 9.88 Å². The third-order valence-electron chi connectivity index (χ3n) is 3.49. The molecule has 1 rings (SSSR count). The summed E-state index contributed by atoms with van der Waals surface area (Å²) in [4.78, 5) is 0.368. The maximum atomic E-state index is 12.3. The zero-order chi connectivity index (χ0) is 15.7. The number of aryl methyl sites for hydroxylation is 1. The maximum absolute atomic E-state index is 12.3. The van der Waals surface area contributed by atoms with Crippen LogP contribution < -0.4 is 10.0 Å². The lowest BCUT2D eigenvalue weighted by Gasteiger charge is -2.05. The second kappa shape index (κ2) is 9.23. The van der Waals surface area contributed by atoms with E-state index in [0.29, 0.717) is 18.0 Å². The van der Waals surface area contributed by atoms with Crippen LogP contribution in [0.4, 0.5) is 0 Å². The summed E-state index contributed by atoms with van der Waals surface area (Å²) in [5.41, 5.74) is 1.01. The highest BCUT2D eigenvalue weighted by Crippen LogP contribution is 2.14. The summed E-state index contributed by atoms with van der Waals surface area (Å²) in [6.45, 7) is 9.04. The summed E-state index contributed by atoms with van der Waals surface area (Å²) >= 11 is 0. The molecule has 0 saturated heterocycles. The first-order valence-electron chi connectivity index (χ1n) is 7.94. The molecule has 0 aliphatic rings. The average Bonchev–Trinajstić information content (AvgIpc) is 2.89. The molecule has 6 heteroatoms. The fourth-order valence-electron chi connectivity index (χ4n) is 2.21. The van der Waals surface area contributed by atoms with Crippen LogP contribution in [0, 0.1) is 0 Å². The Bertz CT molecular complexity index is 509. The minimum Gasteiger partial charge on any atom is -0.349 e. The van der Waals surface area contributed by atoms with E-state index in [9.17, 15) is 8.42 Å². The van der Waals surface area contributed by atoms with E-state index in [1.807, 2.05) is 18.4 Å². The molecule has 0 radical (unpaired) electrons. The van der Waals surface area contributed by atoms with E-state index in [1.54, 1.807) is 12.3 Å². The van der Waals surface area contributed by atoms with Crippen molar-refractivity contribution in [1.82, 2.24) is 14.6 Å². The summed E-state index contributed by atoms with van der Waals surface area (Å²) in [5, 5.41) is 3.23. The number of unbranched alkanes of at least 4 members (excludes halogenated alkanes) is 3. The predicted octanol–water partition coefficient (Wildman–Crippen LogP) is 2.48. The molecule has 1 aromatic rings. The number of nitrogens with one attached hydrogen (secondary N) is 2. The van der Waals surface area contributed by atoms with Crippen molar-refractivity contribution in [1.29, 1.82) is 0 Å². The van der Waals surface area contributed by atoms with Crippen molar-refractivity contribution < 1.29 is 8.42 Å². The first kappa shape index (κ1) is 18.2. The molecule has 122 valence electrons. The van der Waals surface area contributed by atoms with Crippen LogP contribution in [-0.4, -0.2) is 26.1 Å². The van der Waals surface area contributed by atoms with Crippen molar-refractivity contribution in [3.05, 3.63) is 18.0 Å². The molecule has 0 fully saturated rings. The predicted molar refractivity (Wildman–Crippen MR) is 86.8 cm³/mol. The molecule has 0 amide bonds. The highest BCUT2D eigenvalue weighted by Gasteiger charge is 2.17. The summed E-state index contributed by atoms with van der Waals surface area (Å²) < 4.78 is 29.2. The molecule has 0 unspecified atom stereocenters. The number of hydrogen-bond donors (Lipinski definition) is 2. The van der Waals surface area contributed by atoms with E-state index >= 15 is 0 Å². The van der Waals surface area contributed by atoms with E-state index in [1.165, 1.54) is 0 Å². The van der Waals surface area contributed by atoms with E-state index in [2.05, 4.69) is 17.0 Å². The first-order chi connectivity index (χ1) is 10.0. The Morgan fingerprint density at radius 2 is 1.90 bits per heavy atom. The van der Waals surface area contributed by atoms with Crippen LogP contribution in [-0.2, 0) is 23.1 Å². The molecule has 2 N–H and O–H groups in total. The Labute approximate surface area is 129 Å². The van der Waals surface area contributed by atoms with Crippen molar-refractivity contribution in [2.75, 3.05) is 13.1 Å². The third kappa shape index (κ3) is 5.80. The summed E-state index contributed by atoms with van der Waals surface area (Å²) in [7, 11) is -3.38. The Balaban J connectivity index is 2.67. The zero-order valence-electron chi connectivity index (χ0n) is 13.5. The number of rotatable bonds is 11. The molecule has 0 aliphatic carbocycles. The largest absolute Gasteiger partial charge is 0.349 e. The van der Waals surface area contributed by atoms with Crippen LogP contribution in [0.15, 0.2) is 17.2 Å². The normalized spacial score (nSPS) is 12.0. The highest BCUT2D eigenvalue weighted by atomic mass is 32.2. The van der Waals surface area contributed by atoms with Crippen LogP contribution >= 0.6 is 0 Å². The smallest absolute Gasteiger partial charge is 0.242 e. The minimum atomic E-state index is -3.38. The molecule has 0 aliphatic heterocycles. The van der Waals surface area contributed by atoms with Crippen LogP contribution in [0.2, 0.25) is 0 Å². The van der Waals surface area contributed by atoms with Gasteiger partial charge in [0.15, 0.2) is 0 Å². The van der Waals surface area contributed by atoms with Crippen molar-refractivity contribution in [3.63, 3.8) is 0 Å². The second-order valence-corrected chi connectivity index (χ2v) is 6.96. The van der Waals surface area contributed by atoms with Gasteiger partial charge in [-0.2, -0.15) is 0 Å². The van der Waals surface area contributed by atoms with E-state index in [0.717, 1.165) is 44.5 Å². The van der Waals surface area contributed by atoms with Gasteiger partial charge in [-0.15, -0.1) is 0 Å². The number of aromatic nitrogens is 1. The quantitative estimate of drug-likeness (QED) is 0.617. The molecule has 0 atom stereocenters. The lowest BCUT2D eigenvalue weighted by molar-refractivity contribution is 0.573. The number of sulfonamides is 1. The van der Waals surface area contributed by atoms with Crippen LogP contribution in [0.3, 0.4) is 0 Å². The number of hydrogen-bond acceptors (Lipinski definition) is 3. The molecule has 21 heavy (non-hydrogen) atoms. The van der Waals surface area contributed by atoms with E-state index < -0.39 is 10.0 Å². The zero-order valence-corrected chi connectivity index (χ0v) is 14.3. The Kier molecular flexibility index (Phi) is 8.00. The molecule has 0 saturated carbocycles. The van der Waals surface area contributed by atoms with Crippen molar-refractivity contribution >= 4 is 10.0 Å². The van der Waals surface area contributed by atoms with Gasteiger partial charge in [0.1, 0.15) is 0 Å². The van der Waals surface area contributed by atoms with Gasteiger partial charge in [0.2, 0.25) is 10.0 Å². The fourth-order valence-corrected chi connectivity index (χ4v) is 3.35. The van der Waals surface area contributed by atoms with Gasteiger partial charge in [-0.1, -0.05) is 33.1 Å². The molecule has 0 bridgehead atoms. The second-order valence-electron chi connectivity index (χ2n) is 5.19. The van der Waals surface area contributed by atoms with E-state index in [-0.39, 0.29) is 0 Å². The highest BCUT2D eigenvalue weighted by molar-refractivity contribution is 7.89. The molecule has 0 aromatic carbocycles. The summed E-state index contributed by atoms with van der Waals surface area (Å²) in [6.07, 6.45) is 5.99. The Hall–Kier alpha value is -0.850. The monoisotopic (exact) mass is 315 g/mol. The lowest BCUT2D eigenvalue weighted by Crippen LogP contribution is -2.24. The van der Waals surface area contributed by atoms with Gasteiger partial charge >= 0.3 is 0 Å². The van der Waals surface area contributed by atoms with Crippen LogP contribution in [0.25, 0.3) is 0 Å². The van der Waals surface area contributed by atoms with Gasteiger partial charge in [-0.25, -0.2) is 13.1 Å². The lowest BCUT2D eigenvalue weighted by atomic mass is 10.2. The van der Waals surface area contributed by atoms with Crippen molar-refractivity contribution in [2.45, 2.75) is 64.4 Å². The van der Waals surface area contributed by atoms with Crippen molar-refractivity contribution in [2.24, 2.45) is 0 Å². The van der Waals surface area contributed by atoms with Gasteiger partial charge in [0, 0.05) is 31.5 Å². The molecular formula is C15H29N3O2S. The van der Waals surface area contributed by atoms with Crippen LogP contribution in [0.1, 0.15) is 52.1 Å². The molecule has 1 heterocycles. The fraction of sp³-hybridized carbons (Fsp3) is 0.733. The van der Waals surface area contributed by atoms with Gasteiger partial charge in [0.25, 0.3) is 0 Å². The maximum Gasteiger partial charge on any atom is 0.242 e. The van der Waals surface area contributed by atoms with E-state index in [4.69, 9.17) is 0 Å². The van der Waals surface area contributed by atoms with Gasteiger partial charge in [-0.05, 0) is 26.0 Å².